The molecule has 0 aliphatic carbocycles. The van der Waals surface area contributed by atoms with Crippen LogP contribution in [0.15, 0.2) is 109 Å². The summed E-state index contributed by atoms with van der Waals surface area (Å²) in [6, 6.07) is 30.0. The van der Waals surface area contributed by atoms with Gasteiger partial charge >= 0.3 is 0 Å². The van der Waals surface area contributed by atoms with Crippen LogP contribution in [0.1, 0.15) is 58.7 Å². The Labute approximate surface area is 246 Å². The Balaban J connectivity index is 1.50. The minimum Gasteiger partial charge on any atom is -0.338 e. The molecule has 0 aliphatic rings. The van der Waals surface area contributed by atoms with Gasteiger partial charge in [0.2, 0.25) is 5.91 Å². The maximum absolute atomic E-state index is 14.1. The lowest BCUT2D eigenvalue weighted by molar-refractivity contribution is -0.118. The summed E-state index contributed by atoms with van der Waals surface area (Å²) in [6.07, 6.45) is 3.41. The third-order valence-electron chi connectivity index (χ3n) is 7.40. The van der Waals surface area contributed by atoms with Crippen molar-refractivity contribution in [3.63, 3.8) is 0 Å². The quantitative estimate of drug-likeness (QED) is 0.211. The Morgan fingerprint density at radius 1 is 0.762 bits per heavy atom. The number of pyridine rings is 1. The Morgan fingerprint density at radius 2 is 1.38 bits per heavy atom. The fraction of sp³-hybridized carbons (Fsp3) is 0.200. The van der Waals surface area contributed by atoms with E-state index in [-0.39, 0.29) is 17.9 Å². The van der Waals surface area contributed by atoms with Crippen molar-refractivity contribution in [3.05, 3.63) is 138 Å². The maximum Gasteiger partial charge on any atom is 0.270 e. The lowest BCUT2D eigenvalue weighted by Gasteiger charge is -2.28. The van der Waals surface area contributed by atoms with Gasteiger partial charge in [0.25, 0.3) is 5.91 Å². The minimum atomic E-state index is -0.916. The van der Waals surface area contributed by atoms with Gasteiger partial charge in [-0.1, -0.05) is 72.8 Å². The second-order valence-electron chi connectivity index (χ2n) is 10.7. The summed E-state index contributed by atoms with van der Waals surface area (Å²) in [6.45, 7) is 7.97. The fourth-order valence-electron chi connectivity index (χ4n) is 5.39. The molecule has 0 saturated heterocycles. The van der Waals surface area contributed by atoms with Crippen LogP contribution in [-0.2, 0) is 4.79 Å². The van der Waals surface area contributed by atoms with Gasteiger partial charge in [0.15, 0.2) is 0 Å². The predicted molar refractivity (Wildman–Crippen MR) is 166 cm³/mol. The van der Waals surface area contributed by atoms with Crippen molar-refractivity contribution >= 4 is 17.5 Å². The first-order valence-electron chi connectivity index (χ1n) is 14.1. The molecule has 42 heavy (non-hydrogen) atoms. The topological polar surface area (TPSA) is 88.9 Å². The lowest BCUT2D eigenvalue weighted by atomic mass is 9.84. The number of carbonyl (C=O) groups is 2. The van der Waals surface area contributed by atoms with Gasteiger partial charge < -0.3 is 10.6 Å². The number of anilines is 1. The van der Waals surface area contributed by atoms with Crippen LogP contribution in [0.5, 0.6) is 0 Å². The van der Waals surface area contributed by atoms with E-state index in [2.05, 4.69) is 27.6 Å². The second kappa shape index (κ2) is 12.6. The van der Waals surface area contributed by atoms with Crippen molar-refractivity contribution in [2.24, 2.45) is 0 Å². The third kappa shape index (κ3) is 6.15. The molecule has 0 aliphatic heterocycles. The number of nitrogens with one attached hydrogen (secondary N) is 2. The summed E-state index contributed by atoms with van der Waals surface area (Å²) >= 11 is 0. The number of nitrogens with zero attached hydrogens (tertiary/aromatic N) is 3. The minimum absolute atomic E-state index is 0.0160. The van der Waals surface area contributed by atoms with Gasteiger partial charge in [-0.2, -0.15) is 5.10 Å². The number of amides is 2. The smallest absolute Gasteiger partial charge is 0.270 e. The number of rotatable bonds is 9. The molecular weight excluding hydrogens is 522 g/mol. The Bertz CT molecular complexity index is 1600. The van der Waals surface area contributed by atoms with E-state index < -0.39 is 12.0 Å². The first-order chi connectivity index (χ1) is 20.3. The molecule has 1 atom stereocenters. The molecule has 2 heterocycles. The molecule has 5 rings (SSSR count). The summed E-state index contributed by atoms with van der Waals surface area (Å²) in [5.41, 5.74) is 7.05. The molecule has 0 radical (unpaired) electrons. The van der Waals surface area contributed by atoms with Crippen LogP contribution in [0.3, 0.4) is 0 Å². The number of aromatic nitrogens is 3. The average Bonchev–Trinajstić information content (AvgIpc) is 3.50. The molecule has 2 N–H and O–H groups in total. The van der Waals surface area contributed by atoms with Gasteiger partial charge in [0.1, 0.15) is 11.7 Å². The molecule has 0 spiro atoms. The van der Waals surface area contributed by atoms with Gasteiger partial charge in [-0.15, -0.1) is 0 Å². The highest BCUT2D eigenvalue weighted by Gasteiger charge is 2.33. The van der Waals surface area contributed by atoms with Crippen LogP contribution in [0.2, 0.25) is 0 Å². The van der Waals surface area contributed by atoms with Gasteiger partial charge in [-0.05, 0) is 74.2 Å². The molecule has 7 nitrogen and oxygen atoms in total. The zero-order valence-electron chi connectivity index (χ0n) is 24.3. The van der Waals surface area contributed by atoms with E-state index in [0.29, 0.717) is 11.4 Å². The van der Waals surface area contributed by atoms with Gasteiger partial charge in [0.05, 0.1) is 0 Å². The molecule has 2 amide bonds. The van der Waals surface area contributed by atoms with Crippen LogP contribution < -0.4 is 10.6 Å². The number of hydrogen-bond donors (Lipinski definition) is 2. The molecule has 3 aromatic carbocycles. The van der Waals surface area contributed by atoms with E-state index in [1.165, 1.54) is 0 Å². The Kier molecular flexibility index (Phi) is 8.58. The third-order valence-corrected chi connectivity index (χ3v) is 7.40. The molecule has 5 aromatic rings. The van der Waals surface area contributed by atoms with E-state index in [9.17, 15) is 9.59 Å². The van der Waals surface area contributed by atoms with Gasteiger partial charge in [0, 0.05) is 41.3 Å². The molecule has 212 valence electrons. The monoisotopic (exact) mass is 557 g/mol. The van der Waals surface area contributed by atoms with Crippen LogP contribution >= 0.6 is 0 Å². The van der Waals surface area contributed by atoms with E-state index >= 15 is 0 Å². The van der Waals surface area contributed by atoms with Crippen molar-refractivity contribution in [1.29, 1.82) is 0 Å². The molecule has 0 fully saturated rings. The largest absolute Gasteiger partial charge is 0.338 e. The van der Waals surface area contributed by atoms with Gasteiger partial charge in [-0.3, -0.25) is 19.3 Å². The molecule has 0 saturated carbocycles. The average molecular weight is 558 g/mol. The fourth-order valence-corrected chi connectivity index (χ4v) is 5.39. The number of aryl methyl sites for hydroxylation is 2. The van der Waals surface area contributed by atoms with Crippen LogP contribution in [0, 0.1) is 13.8 Å². The number of benzene rings is 3. The first-order valence-corrected chi connectivity index (χ1v) is 14.1. The van der Waals surface area contributed by atoms with E-state index in [0.717, 1.165) is 33.5 Å². The summed E-state index contributed by atoms with van der Waals surface area (Å²) in [7, 11) is 0. The van der Waals surface area contributed by atoms with E-state index in [1.54, 1.807) is 23.1 Å². The highest BCUT2D eigenvalue weighted by molar-refractivity contribution is 6.01. The maximum atomic E-state index is 14.1. The predicted octanol–water partition coefficient (Wildman–Crippen LogP) is 6.71. The highest BCUT2D eigenvalue weighted by atomic mass is 16.2. The second-order valence-corrected chi connectivity index (χ2v) is 10.7. The SMILES string of the molecule is Cc1ccnc(C)c1-c1ccc(NC(=O)[C@@H](NC(=O)c2ccnn2C(C)C)C(c2ccccc2)c2ccccc2)cc1. The normalized spacial score (nSPS) is 11.9. The van der Waals surface area contributed by atoms with Crippen LogP contribution in [-0.4, -0.2) is 32.6 Å². The summed E-state index contributed by atoms with van der Waals surface area (Å²) in [5, 5.41) is 10.4. The van der Waals surface area contributed by atoms with Crippen LogP contribution in [0.25, 0.3) is 11.1 Å². The molecule has 0 unspecified atom stereocenters. The molecule has 0 bridgehead atoms. The Hall–Kier alpha value is -5.04. The number of carbonyl (C=O) groups excluding carboxylic acids is 2. The van der Waals surface area contributed by atoms with Crippen molar-refractivity contribution in [1.82, 2.24) is 20.1 Å². The van der Waals surface area contributed by atoms with E-state index in [1.807, 2.05) is 112 Å². The van der Waals surface area contributed by atoms with E-state index in [4.69, 9.17) is 0 Å². The summed E-state index contributed by atoms with van der Waals surface area (Å²) in [5.74, 6) is -1.12. The molecular formula is C35H35N5O2. The van der Waals surface area contributed by atoms with Crippen molar-refractivity contribution < 1.29 is 9.59 Å². The summed E-state index contributed by atoms with van der Waals surface area (Å²) < 4.78 is 1.66. The zero-order valence-corrected chi connectivity index (χ0v) is 24.3. The van der Waals surface area contributed by atoms with Crippen molar-refractivity contribution in [2.45, 2.75) is 45.7 Å². The highest BCUT2D eigenvalue weighted by Crippen LogP contribution is 2.30. The first kappa shape index (κ1) is 28.5. The van der Waals surface area contributed by atoms with Crippen molar-refractivity contribution in [3.8, 4) is 11.1 Å². The Morgan fingerprint density at radius 3 is 1.95 bits per heavy atom. The summed E-state index contributed by atoms with van der Waals surface area (Å²) in [4.78, 5) is 32.2. The van der Waals surface area contributed by atoms with Crippen molar-refractivity contribution in [2.75, 3.05) is 5.32 Å². The van der Waals surface area contributed by atoms with Gasteiger partial charge in [-0.25, -0.2) is 0 Å². The zero-order chi connectivity index (χ0) is 29.6. The van der Waals surface area contributed by atoms with Crippen LogP contribution in [0.4, 0.5) is 5.69 Å². The molecule has 7 heteroatoms. The standard InChI is InChI=1S/C35H35N5O2/c1-23(2)40-30(20-22-37-40)34(41)39-33(32(26-11-7-5-8-12-26)27-13-9-6-10-14-27)35(42)38-29-17-15-28(16-18-29)31-24(3)19-21-36-25(31)4/h5-23,32-33H,1-4H3,(H,38,42)(H,39,41)/t33-/m0/s1. The number of hydrogen-bond acceptors (Lipinski definition) is 4. The molecule has 2 aromatic heterocycles. The lowest BCUT2D eigenvalue weighted by Crippen LogP contribution is -2.48.